The first-order chi connectivity index (χ1) is 14.5. The Bertz CT molecular complexity index is 705. The highest BCUT2D eigenvalue weighted by atomic mass is 16.5. The van der Waals surface area contributed by atoms with Crippen molar-refractivity contribution in [2.45, 2.75) is 77.4 Å². The van der Waals surface area contributed by atoms with Crippen molar-refractivity contribution in [3.8, 4) is 0 Å². The molecule has 1 aliphatic rings. The molecule has 0 heterocycles. The fourth-order valence-corrected chi connectivity index (χ4v) is 3.83. The molecule has 4 nitrogen and oxygen atoms in total. The summed E-state index contributed by atoms with van der Waals surface area (Å²) in [5.41, 5.74) is 1.24. The first-order valence-electron chi connectivity index (χ1n) is 11.2. The van der Waals surface area contributed by atoms with Crippen molar-refractivity contribution in [1.29, 1.82) is 0 Å². The lowest BCUT2D eigenvalue weighted by atomic mass is 9.86. The van der Waals surface area contributed by atoms with Gasteiger partial charge >= 0.3 is 5.97 Å². The smallest absolute Gasteiger partial charge is 0.306 e. The highest BCUT2D eigenvalue weighted by molar-refractivity contribution is 5.94. The number of unbranched alkanes of at least 4 members (excludes halogenated alkanes) is 1. The van der Waals surface area contributed by atoms with Gasteiger partial charge < -0.3 is 9.84 Å². The third-order valence-electron chi connectivity index (χ3n) is 5.51. The molecule has 0 amide bonds. The lowest BCUT2D eigenvalue weighted by Gasteiger charge is -2.18. The number of aryl methyl sites for hydroxylation is 1. The molecule has 0 spiro atoms. The monoisotopic (exact) mass is 412 g/mol. The summed E-state index contributed by atoms with van der Waals surface area (Å²) in [6, 6.07) is 10.2. The summed E-state index contributed by atoms with van der Waals surface area (Å²) >= 11 is 0. The van der Waals surface area contributed by atoms with Gasteiger partial charge in [0.25, 0.3) is 0 Å². The van der Waals surface area contributed by atoms with Gasteiger partial charge in [-0.2, -0.15) is 0 Å². The van der Waals surface area contributed by atoms with Crippen molar-refractivity contribution in [2.75, 3.05) is 0 Å². The predicted octanol–water partition coefficient (Wildman–Crippen LogP) is 5.20. The fraction of sp³-hybridized carbons (Fsp3) is 0.538. The molecule has 4 heteroatoms. The molecule has 164 valence electrons. The summed E-state index contributed by atoms with van der Waals surface area (Å²) in [5, 5.41) is 10.3. The molecule has 1 aromatic rings. The third kappa shape index (κ3) is 9.08. The van der Waals surface area contributed by atoms with Gasteiger partial charge in [-0.3, -0.25) is 9.59 Å². The zero-order valence-electron chi connectivity index (χ0n) is 18.3. The first-order valence-corrected chi connectivity index (χ1v) is 11.2. The van der Waals surface area contributed by atoms with Crippen LogP contribution >= 0.6 is 0 Å². The largest absolute Gasteiger partial charge is 0.463 e. The SMILES string of the molecule is CC(C)OC(=O)CCC/C=C\CC1C(=O)C=CC1CCC(O)CCc1ccccc1. The van der Waals surface area contributed by atoms with Crippen molar-refractivity contribution < 1.29 is 19.4 Å². The lowest BCUT2D eigenvalue weighted by Crippen LogP contribution is -2.17. The van der Waals surface area contributed by atoms with Crippen LogP contribution < -0.4 is 0 Å². The number of aliphatic hydroxyl groups is 1. The van der Waals surface area contributed by atoms with Gasteiger partial charge in [-0.25, -0.2) is 0 Å². The standard InChI is InChI=1S/C26H36O4/c1-20(2)30-26(29)13-9-4-3-8-12-24-22(16-19-25(24)28)15-18-23(27)17-14-21-10-6-5-7-11-21/h3,5-8,10-11,16,19-20,22-24,27H,4,9,12-15,17-18H2,1-2H3/b8-3-. The Morgan fingerprint density at radius 2 is 1.93 bits per heavy atom. The predicted molar refractivity (Wildman–Crippen MR) is 120 cm³/mol. The number of ketones is 1. The Hall–Kier alpha value is -2.20. The van der Waals surface area contributed by atoms with Gasteiger partial charge in [0, 0.05) is 12.3 Å². The second kappa shape index (κ2) is 13.2. The Kier molecular flexibility index (Phi) is 10.6. The van der Waals surface area contributed by atoms with Gasteiger partial charge in [0.1, 0.15) is 0 Å². The van der Waals surface area contributed by atoms with Gasteiger partial charge in [0.05, 0.1) is 12.2 Å². The molecule has 1 N–H and O–H groups in total. The molecule has 1 aliphatic carbocycles. The third-order valence-corrected chi connectivity index (χ3v) is 5.51. The molecule has 2 rings (SSSR count). The Balaban J connectivity index is 1.65. The van der Waals surface area contributed by atoms with E-state index in [9.17, 15) is 14.7 Å². The molecule has 0 saturated heterocycles. The second-order valence-corrected chi connectivity index (χ2v) is 8.43. The van der Waals surface area contributed by atoms with E-state index in [-0.39, 0.29) is 35.8 Å². The van der Waals surface area contributed by atoms with Crippen molar-refractivity contribution in [3.05, 3.63) is 60.2 Å². The van der Waals surface area contributed by atoms with E-state index in [0.29, 0.717) is 19.3 Å². The van der Waals surface area contributed by atoms with Crippen LogP contribution in [0.25, 0.3) is 0 Å². The van der Waals surface area contributed by atoms with Crippen LogP contribution in [0.4, 0.5) is 0 Å². The molecule has 1 aromatic carbocycles. The van der Waals surface area contributed by atoms with Crippen LogP contribution in [0.5, 0.6) is 0 Å². The van der Waals surface area contributed by atoms with Gasteiger partial charge in [-0.1, -0.05) is 48.6 Å². The number of esters is 1. The average molecular weight is 413 g/mol. The van der Waals surface area contributed by atoms with E-state index < -0.39 is 0 Å². The van der Waals surface area contributed by atoms with Crippen LogP contribution in [0.15, 0.2) is 54.6 Å². The van der Waals surface area contributed by atoms with E-state index in [1.807, 2.05) is 38.1 Å². The quantitative estimate of drug-likeness (QED) is 0.275. The van der Waals surface area contributed by atoms with Crippen molar-refractivity contribution in [1.82, 2.24) is 0 Å². The molecule has 0 aromatic heterocycles. The summed E-state index contributed by atoms with van der Waals surface area (Å²) in [5.74, 6) is 0.214. The van der Waals surface area contributed by atoms with Crippen LogP contribution in [0.1, 0.15) is 64.4 Å². The maximum atomic E-state index is 12.2. The Morgan fingerprint density at radius 3 is 2.67 bits per heavy atom. The number of carbonyl (C=O) groups excluding carboxylic acids is 2. The lowest BCUT2D eigenvalue weighted by molar-refractivity contribution is -0.147. The average Bonchev–Trinajstić information content (AvgIpc) is 3.07. The van der Waals surface area contributed by atoms with Gasteiger partial charge in [-0.15, -0.1) is 0 Å². The molecule has 0 bridgehead atoms. The fourth-order valence-electron chi connectivity index (χ4n) is 3.83. The maximum Gasteiger partial charge on any atom is 0.306 e. The van der Waals surface area contributed by atoms with E-state index in [0.717, 1.165) is 32.1 Å². The number of hydrogen-bond donors (Lipinski definition) is 1. The molecule has 0 radical (unpaired) electrons. The maximum absolute atomic E-state index is 12.2. The first kappa shape index (κ1) is 24.1. The molecular weight excluding hydrogens is 376 g/mol. The van der Waals surface area contributed by atoms with Gasteiger partial charge in [0.15, 0.2) is 5.78 Å². The van der Waals surface area contributed by atoms with Crippen LogP contribution in [0, 0.1) is 11.8 Å². The van der Waals surface area contributed by atoms with E-state index in [4.69, 9.17) is 4.74 Å². The Morgan fingerprint density at radius 1 is 1.17 bits per heavy atom. The summed E-state index contributed by atoms with van der Waals surface area (Å²) in [6.45, 7) is 3.70. The number of aliphatic hydroxyl groups excluding tert-OH is 1. The molecule has 0 aliphatic heterocycles. The second-order valence-electron chi connectivity index (χ2n) is 8.43. The Labute approximate surface area is 181 Å². The summed E-state index contributed by atoms with van der Waals surface area (Å²) in [4.78, 5) is 23.7. The number of rotatable bonds is 13. The zero-order chi connectivity index (χ0) is 21.8. The molecule has 30 heavy (non-hydrogen) atoms. The minimum absolute atomic E-state index is 0.0199. The van der Waals surface area contributed by atoms with Gasteiger partial charge in [0.2, 0.25) is 0 Å². The zero-order valence-corrected chi connectivity index (χ0v) is 18.3. The van der Waals surface area contributed by atoms with E-state index >= 15 is 0 Å². The topological polar surface area (TPSA) is 63.6 Å². The number of allylic oxidation sites excluding steroid dienone is 4. The van der Waals surface area contributed by atoms with Crippen LogP contribution in [-0.2, 0) is 20.7 Å². The van der Waals surface area contributed by atoms with Crippen molar-refractivity contribution >= 4 is 11.8 Å². The number of ether oxygens (including phenoxy) is 1. The van der Waals surface area contributed by atoms with Crippen LogP contribution in [0.3, 0.4) is 0 Å². The van der Waals surface area contributed by atoms with Crippen molar-refractivity contribution in [2.24, 2.45) is 11.8 Å². The van der Waals surface area contributed by atoms with E-state index in [2.05, 4.69) is 24.3 Å². The minimum Gasteiger partial charge on any atom is -0.463 e. The van der Waals surface area contributed by atoms with Crippen LogP contribution in [-0.4, -0.2) is 29.1 Å². The highest BCUT2D eigenvalue weighted by Crippen LogP contribution is 2.30. The normalized spacial score (nSPS) is 19.7. The molecule has 3 atom stereocenters. The van der Waals surface area contributed by atoms with Gasteiger partial charge in [-0.05, 0) is 76.4 Å². The summed E-state index contributed by atoms with van der Waals surface area (Å²) in [7, 11) is 0. The molecule has 0 saturated carbocycles. The minimum atomic E-state index is -0.337. The molecule has 3 unspecified atom stereocenters. The number of carbonyl (C=O) groups is 2. The highest BCUT2D eigenvalue weighted by Gasteiger charge is 2.29. The summed E-state index contributed by atoms with van der Waals surface area (Å²) in [6.07, 6.45) is 13.3. The van der Waals surface area contributed by atoms with E-state index in [1.165, 1.54) is 5.56 Å². The summed E-state index contributed by atoms with van der Waals surface area (Å²) < 4.78 is 5.12. The van der Waals surface area contributed by atoms with Crippen LogP contribution in [0.2, 0.25) is 0 Å². The molecular formula is C26H36O4. The number of hydrogen-bond acceptors (Lipinski definition) is 4. The van der Waals surface area contributed by atoms with E-state index in [1.54, 1.807) is 6.08 Å². The number of benzene rings is 1. The van der Waals surface area contributed by atoms with Crippen molar-refractivity contribution in [3.63, 3.8) is 0 Å². The molecule has 0 fully saturated rings.